The second kappa shape index (κ2) is 11.5. The Morgan fingerprint density at radius 3 is 2.26 bits per heavy atom. The third-order valence-electron chi connectivity index (χ3n) is 6.22. The Labute approximate surface area is 201 Å². The van der Waals surface area contributed by atoms with Crippen molar-refractivity contribution in [3.8, 4) is 11.3 Å². The van der Waals surface area contributed by atoms with E-state index in [1.165, 1.54) is 0 Å². The van der Waals surface area contributed by atoms with Crippen molar-refractivity contribution in [2.24, 2.45) is 5.92 Å². The van der Waals surface area contributed by atoms with Crippen LogP contribution in [0.25, 0.3) is 11.3 Å². The van der Waals surface area contributed by atoms with Gasteiger partial charge in [0.15, 0.2) is 5.78 Å². The summed E-state index contributed by atoms with van der Waals surface area (Å²) in [6.45, 7) is 8.15. The highest BCUT2D eigenvalue weighted by atomic mass is 16.2. The first-order chi connectivity index (χ1) is 16.3. The summed E-state index contributed by atoms with van der Waals surface area (Å²) in [5.74, 6) is -1.48. The zero-order chi connectivity index (χ0) is 24.7. The van der Waals surface area contributed by atoms with Crippen molar-refractivity contribution in [3.05, 3.63) is 88.6 Å². The van der Waals surface area contributed by atoms with Crippen molar-refractivity contribution < 1.29 is 14.4 Å². The van der Waals surface area contributed by atoms with E-state index in [-0.39, 0.29) is 17.6 Å². The van der Waals surface area contributed by atoms with Gasteiger partial charge in [-0.15, -0.1) is 0 Å². The normalized spacial score (nSPS) is 12.6. The lowest BCUT2D eigenvalue weighted by atomic mass is 9.81. The van der Waals surface area contributed by atoms with E-state index in [0.717, 1.165) is 39.8 Å². The lowest BCUT2D eigenvalue weighted by molar-refractivity contribution is -0.127. The van der Waals surface area contributed by atoms with Crippen LogP contribution < -0.4 is 5.32 Å². The van der Waals surface area contributed by atoms with Gasteiger partial charge in [-0.05, 0) is 62.4 Å². The van der Waals surface area contributed by atoms with Crippen LogP contribution >= 0.6 is 0 Å². The molecular formula is C29H32N2O3. The Balaban J connectivity index is 1.66. The highest BCUT2D eigenvalue weighted by molar-refractivity contribution is 6.01. The monoisotopic (exact) mass is 456 g/mol. The van der Waals surface area contributed by atoms with Crippen molar-refractivity contribution in [3.63, 3.8) is 0 Å². The fourth-order valence-electron chi connectivity index (χ4n) is 4.54. The van der Waals surface area contributed by atoms with Crippen LogP contribution in [-0.4, -0.2) is 29.5 Å². The molecule has 0 saturated carbocycles. The van der Waals surface area contributed by atoms with E-state index in [1.54, 1.807) is 6.07 Å². The molecule has 1 amide bonds. The van der Waals surface area contributed by atoms with Gasteiger partial charge < -0.3 is 10.1 Å². The first-order valence-electron chi connectivity index (χ1n) is 11.7. The Bertz CT molecular complexity index is 1150. The van der Waals surface area contributed by atoms with E-state index in [2.05, 4.69) is 10.3 Å². The highest BCUT2D eigenvalue weighted by Gasteiger charge is 2.29. The van der Waals surface area contributed by atoms with E-state index < -0.39 is 5.92 Å². The van der Waals surface area contributed by atoms with Crippen molar-refractivity contribution >= 4 is 18.0 Å². The predicted molar refractivity (Wildman–Crippen MR) is 135 cm³/mol. The van der Waals surface area contributed by atoms with Crippen molar-refractivity contribution in [2.75, 3.05) is 6.54 Å². The Hall–Kier alpha value is -3.60. The van der Waals surface area contributed by atoms with Crippen molar-refractivity contribution in [1.82, 2.24) is 10.3 Å². The van der Waals surface area contributed by atoms with E-state index in [0.29, 0.717) is 25.1 Å². The van der Waals surface area contributed by atoms with E-state index in [4.69, 9.17) is 0 Å². The Kier molecular flexibility index (Phi) is 8.47. The van der Waals surface area contributed by atoms with Crippen LogP contribution in [0.5, 0.6) is 0 Å². The van der Waals surface area contributed by atoms with Gasteiger partial charge in [0.05, 0.1) is 11.6 Å². The fraction of sp³-hybridized carbons (Fsp3) is 0.310. The van der Waals surface area contributed by atoms with Crippen LogP contribution in [0.15, 0.2) is 60.7 Å². The predicted octanol–water partition coefficient (Wildman–Crippen LogP) is 5.37. The third kappa shape index (κ3) is 5.84. The summed E-state index contributed by atoms with van der Waals surface area (Å²) in [6.07, 6.45) is 1.83. The summed E-state index contributed by atoms with van der Waals surface area (Å²) < 4.78 is 0. The van der Waals surface area contributed by atoms with Gasteiger partial charge in [0.1, 0.15) is 12.0 Å². The quantitative estimate of drug-likeness (QED) is 0.329. The van der Waals surface area contributed by atoms with Gasteiger partial charge in [0.2, 0.25) is 0 Å². The molecule has 1 heterocycles. The summed E-state index contributed by atoms with van der Waals surface area (Å²) in [5.41, 5.74) is 5.82. The Morgan fingerprint density at radius 1 is 0.971 bits per heavy atom. The van der Waals surface area contributed by atoms with Gasteiger partial charge >= 0.3 is 0 Å². The minimum atomic E-state index is -0.787. The molecule has 2 aromatic carbocycles. The highest BCUT2D eigenvalue weighted by Crippen LogP contribution is 2.28. The van der Waals surface area contributed by atoms with E-state index in [9.17, 15) is 14.4 Å². The molecule has 0 spiro atoms. The average molecular weight is 457 g/mol. The number of Topliss-reactive ketones (excluding diaryl/α,β-unsaturated/α-hetero) is 1. The number of nitrogens with one attached hydrogen (secondary N) is 1. The molecule has 3 rings (SSSR count). The number of nitrogens with zero attached hydrogens (tertiary/aromatic N) is 1. The SMILES string of the molecule is CCC(CCNC(=O)c1cccc(-c2ccccc2)n1)C(=O)C(C=O)c1c(C)cc(C)cc1C. The molecule has 1 N–H and O–H groups in total. The molecule has 0 saturated heterocycles. The summed E-state index contributed by atoms with van der Waals surface area (Å²) in [5, 5.41) is 2.88. The minimum Gasteiger partial charge on any atom is -0.351 e. The van der Waals surface area contributed by atoms with Gasteiger partial charge in [-0.25, -0.2) is 4.98 Å². The fourth-order valence-corrected chi connectivity index (χ4v) is 4.54. The number of aromatic nitrogens is 1. The third-order valence-corrected chi connectivity index (χ3v) is 6.22. The summed E-state index contributed by atoms with van der Waals surface area (Å²) in [7, 11) is 0. The maximum Gasteiger partial charge on any atom is 0.269 e. The molecule has 2 atom stereocenters. The zero-order valence-corrected chi connectivity index (χ0v) is 20.3. The molecule has 3 aromatic rings. The molecule has 176 valence electrons. The van der Waals surface area contributed by atoms with Crippen LogP contribution in [0.1, 0.15) is 58.4 Å². The zero-order valence-electron chi connectivity index (χ0n) is 20.3. The van der Waals surface area contributed by atoms with Crippen LogP contribution in [0, 0.1) is 26.7 Å². The number of amides is 1. The largest absolute Gasteiger partial charge is 0.351 e. The van der Waals surface area contributed by atoms with Gasteiger partial charge in [0.25, 0.3) is 5.91 Å². The van der Waals surface area contributed by atoms with Gasteiger partial charge in [-0.2, -0.15) is 0 Å². The molecular weight excluding hydrogens is 424 g/mol. The first-order valence-corrected chi connectivity index (χ1v) is 11.7. The van der Waals surface area contributed by atoms with Crippen LogP contribution in [-0.2, 0) is 9.59 Å². The number of pyridine rings is 1. The minimum absolute atomic E-state index is 0.0917. The molecule has 1 aromatic heterocycles. The number of carbonyl (C=O) groups excluding carboxylic acids is 3. The smallest absolute Gasteiger partial charge is 0.269 e. The topological polar surface area (TPSA) is 76.1 Å². The second-order valence-electron chi connectivity index (χ2n) is 8.75. The molecule has 0 aliphatic rings. The van der Waals surface area contributed by atoms with Crippen LogP contribution in [0.3, 0.4) is 0 Å². The summed E-state index contributed by atoms with van der Waals surface area (Å²) in [6, 6.07) is 19.0. The standard InChI is InChI=1S/C29H32N2O3/c1-5-22(28(33)24(18-32)27-20(3)16-19(2)17-21(27)4)14-15-30-29(34)26-13-9-12-25(31-26)23-10-7-6-8-11-23/h6-13,16-18,22,24H,5,14-15H2,1-4H3,(H,30,34). The second-order valence-corrected chi connectivity index (χ2v) is 8.75. The molecule has 5 heteroatoms. The number of hydrogen-bond donors (Lipinski definition) is 1. The maximum absolute atomic E-state index is 13.3. The molecule has 0 fully saturated rings. The van der Waals surface area contributed by atoms with E-state index in [1.807, 2.05) is 82.3 Å². The number of rotatable bonds is 10. The van der Waals surface area contributed by atoms with E-state index >= 15 is 0 Å². The first kappa shape index (κ1) is 25.0. The molecule has 5 nitrogen and oxygen atoms in total. The Morgan fingerprint density at radius 2 is 1.65 bits per heavy atom. The lowest BCUT2D eigenvalue weighted by Crippen LogP contribution is -2.30. The maximum atomic E-state index is 13.3. The molecule has 2 unspecified atom stereocenters. The summed E-state index contributed by atoms with van der Waals surface area (Å²) >= 11 is 0. The number of aldehydes is 1. The number of ketones is 1. The van der Waals surface area contributed by atoms with Gasteiger partial charge in [0, 0.05) is 18.0 Å². The number of carbonyl (C=O) groups is 3. The van der Waals surface area contributed by atoms with Gasteiger partial charge in [-0.3, -0.25) is 9.59 Å². The number of hydrogen-bond acceptors (Lipinski definition) is 4. The molecule has 0 radical (unpaired) electrons. The molecule has 34 heavy (non-hydrogen) atoms. The van der Waals surface area contributed by atoms with Crippen molar-refractivity contribution in [2.45, 2.75) is 46.5 Å². The van der Waals surface area contributed by atoms with Gasteiger partial charge in [-0.1, -0.05) is 61.0 Å². The summed E-state index contributed by atoms with van der Waals surface area (Å²) in [4.78, 5) is 42.4. The van der Waals surface area contributed by atoms with Crippen LogP contribution in [0.2, 0.25) is 0 Å². The molecule has 0 bridgehead atoms. The number of benzene rings is 2. The van der Waals surface area contributed by atoms with Crippen molar-refractivity contribution in [1.29, 1.82) is 0 Å². The average Bonchev–Trinajstić information content (AvgIpc) is 2.84. The molecule has 0 aliphatic carbocycles. The lowest BCUT2D eigenvalue weighted by Gasteiger charge is -2.21. The molecule has 0 aliphatic heterocycles. The number of aryl methyl sites for hydroxylation is 3. The van der Waals surface area contributed by atoms with Crippen LogP contribution in [0.4, 0.5) is 0 Å².